The summed E-state index contributed by atoms with van der Waals surface area (Å²) in [5.74, 6) is 0.280. The Bertz CT molecular complexity index is 476. The maximum atomic E-state index is 11.8. The van der Waals surface area contributed by atoms with E-state index in [2.05, 4.69) is 5.32 Å². The Morgan fingerprint density at radius 1 is 1.18 bits per heavy atom. The normalized spacial score (nSPS) is 11.5. The van der Waals surface area contributed by atoms with Crippen LogP contribution in [0.4, 0.5) is 0 Å². The van der Waals surface area contributed by atoms with E-state index in [1.54, 1.807) is 31.4 Å². The molecule has 1 rings (SSSR count). The van der Waals surface area contributed by atoms with Crippen molar-refractivity contribution in [2.75, 3.05) is 20.3 Å². The number of ether oxygens (including phenoxy) is 2. The predicted molar refractivity (Wildman–Crippen MR) is 82.5 cm³/mol. The number of hydrogen-bond donors (Lipinski definition) is 3. The number of carbonyl (C=O) groups excluding carboxylic acids is 2. The number of methoxy groups -OCH3 is 1. The van der Waals surface area contributed by atoms with Gasteiger partial charge in [0.25, 0.3) is 5.91 Å². The molecular weight excluding hydrogens is 286 g/mol. The first-order valence-electron chi connectivity index (χ1n) is 7.12. The van der Waals surface area contributed by atoms with E-state index in [1.807, 2.05) is 0 Å². The summed E-state index contributed by atoms with van der Waals surface area (Å²) in [6, 6.07) is 6.15. The van der Waals surface area contributed by atoms with Crippen molar-refractivity contribution in [3.8, 4) is 11.5 Å². The van der Waals surface area contributed by atoms with E-state index in [9.17, 15) is 9.59 Å². The molecule has 7 heteroatoms. The summed E-state index contributed by atoms with van der Waals surface area (Å²) in [4.78, 5) is 23.1. The number of benzene rings is 1. The fourth-order valence-corrected chi connectivity index (χ4v) is 1.84. The highest BCUT2D eigenvalue weighted by Gasteiger charge is 2.17. The maximum absolute atomic E-state index is 11.8. The lowest BCUT2D eigenvalue weighted by atomic mass is 10.1. The Kier molecular flexibility index (Phi) is 7.77. The highest BCUT2D eigenvalue weighted by molar-refractivity contribution is 5.87. The summed E-state index contributed by atoms with van der Waals surface area (Å²) >= 11 is 0. The Hall–Kier alpha value is -2.28. The molecule has 7 nitrogen and oxygen atoms in total. The minimum absolute atomic E-state index is 0.188. The van der Waals surface area contributed by atoms with Crippen molar-refractivity contribution in [1.29, 1.82) is 0 Å². The average molecular weight is 309 g/mol. The number of primary amides is 1. The summed E-state index contributed by atoms with van der Waals surface area (Å²) in [6.07, 6.45) is 1.98. The van der Waals surface area contributed by atoms with Gasteiger partial charge in [-0.3, -0.25) is 9.59 Å². The van der Waals surface area contributed by atoms with Crippen LogP contribution in [0.25, 0.3) is 0 Å². The van der Waals surface area contributed by atoms with Crippen LogP contribution in [0.15, 0.2) is 24.3 Å². The first kappa shape index (κ1) is 17.8. The van der Waals surface area contributed by atoms with Gasteiger partial charge in [0.15, 0.2) is 6.61 Å². The van der Waals surface area contributed by atoms with Crippen LogP contribution in [-0.4, -0.2) is 38.1 Å². The van der Waals surface area contributed by atoms with Gasteiger partial charge in [0.2, 0.25) is 5.91 Å². The summed E-state index contributed by atoms with van der Waals surface area (Å²) < 4.78 is 10.4. The molecule has 0 aliphatic rings. The van der Waals surface area contributed by atoms with Crippen LogP contribution in [-0.2, 0) is 9.59 Å². The van der Waals surface area contributed by atoms with Crippen LogP contribution in [0, 0.1) is 0 Å². The fraction of sp³-hybridized carbons (Fsp3) is 0.467. The molecule has 0 saturated heterocycles. The number of hydrogen-bond acceptors (Lipinski definition) is 5. The lowest BCUT2D eigenvalue weighted by Gasteiger charge is -2.15. The molecule has 0 heterocycles. The van der Waals surface area contributed by atoms with Gasteiger partial charge in [0.1, 0.15) is 17.5 Å². The van der Waals surface area contributed by atoms with Crippen molar-refractivity contribution < 1.29 is 19.1 Å². The summed E-state index contributed by atoms with van der Waals surface area (Å²) in [5.41, 5.74) is 10.7. The third-order valence-electron chi connectivity index (χ3n) is 3.05. The first-order chi connectivity index (χ1) is 10.6. The number of amides is 2. The number of unbranched alkanes of at least 4 members (excludes halogenated alkanes) is 1. The van der Waals surface area contributed by atoms with Crippen LogP contribution in [0.1, 0.15) is 19.3 Å². The number of rotatable bonds is 10. The molecule has 1 atom stereocenters. The second kappa shape index (κ2) is 9.62. The SMILES string of the molecule is COc1ccc(OCC(=O)NC(CCCCN)C(N)=O)cc1. The van der Waals surface area contributed by atoms with Crippen LogP contribution >= 0.6 is 0 Å². The van der Waals surface area contributed by atoms with Crippen molar-refractivity contribution in [3.63, 3.8) is 0 Å². The van der Waals surface area contributed by atoms with Gasteiger partial charge in [-0.1, -0.05) is 0 Å². The van der Waals surface area contributed by atoms with Crippen molar-refractivity contribution >= 4 is 11.8 Å². The number of carbonyl (C=O) groups is 2. The molecule has 5 N–H and O–H groups in total. The van der Waals surface area contributed by atoms with E-state index in [-0.39, 0.29) is 6.61 Å². The minimum Gasteiger partial charge on any atom is -0.497 e. The smallest absolute Gasteiger partial charge is 0.258 e. The molecule has 0 aliphatic carbocycles. The Balaban J connectivity index is 2.40. The van der Waals surface area contributed by atoms with Gasteiger partial charge in [0.05, 0.1) is 7.11 Å². The topological polar surface area (TPSA) is 117 Å². The number of nitrogens with two attached hydrogens (primary N) is 2. The lowest BCUT2D eigenvalue weighted by molar-refractivity contribution is -0.128. The van der Waals surface area contributed by atoms with E-state index >= 15 is 0 Å². The van der Waals surface area contributed by atoms with Crippen molar-refractivity contribution in [2.45, 2.75) is 25.3 Å². The molecule has 0 radical (unpaired) electrons. The largest absolute Gasteiger partial charge is 0.497 e. The quantitative estimate of drug-likeness (QED) is 0.533. The second-order valence-electron chi connectivity index (χ2n) is 4.77. The van der Waals surface area contributed by atoms with Gasteiger partial charge in [0, 0.05) is 0 Å². The van der Waals surface area contributed by atoms with Gasteiger partial charge in [-0.05, 0) is 50.1 Å². The average Bonchev–Trinajstić information content (AvgIpc) is 2.52. The van der Waals surface area contributed by atoms with Gasteiger partial charge in [-0.2, -0.15) is 0 Å². The molecule has 0 spiro atoms. The Labute approximate surface area is 129 Å². The molecule has 0 fully saturated rings. The molecule has 0 aliphatic heterocycles. The van der Waals surface area contributed by atoms with E-state index in [0.29, 0.717) is 24.5 Å². The van der Waals surface area contributed by atoms with Gasteiger partial charge >= 0.3 is 0 Å². The van der Waals surface area contributed by atoms with E-state index in [4.69, 9.17) is 20.9 Å². The molecular formula is C15H23N3O4. The molecule has 2 amide bonds. The number of nitrogens with one attached hydrogen (secondary N) is 1. The van der Waals surface area contributed by atoms with Crippen molar-refractivity contribution in [2.24, 2.45) is 11.5 Å². The highest BCUT2D eigenvalue weighted by Crippen LogP contribution is 2.16. The molecule has 22 heavy (non-hydrogen) atoms. The Morgan fingerprint density at radius 3 is 2.36 bits per heavy atom. The zero-order valence-corrected chi connectivity index (χ0v) is 12.7. The van der Waals surface area contributed by atoms with Crippen LogP contribution in [0.3, 0.4) is 0 Å². The van der Waals surface area contributed by atoms with Gasteiger partial charge in [-0.15, -0.1) is 0 Å². The fourth-order valence-electron chi connectivity index (χ4n) is 1.84. The van der Waals surface area contributed by atoms with Crippen LogP contribution in [0.5, 0.6) is 11.5 Å². The van der Waals surface area contributed by atoms with E-state index < -0.39 is 17.9 Å². The van der Waals surface area contributed by atoms with E-state index in [0.717, 1.165) is 12.8 Å². The summed E-state index contributed by atoms with van der Waals surface area (Å²) in [5, 5.41) is 2.56. The molecule has 122 valence electrons. The second-order valence-corrected chi connectivity index (χ2v) is 4.77. The third kappa shape index (κ3) is 6.45. The maximum Gasteiger partial charge on any atom is 0.258 e. The molecule has 0 aromatic heterocycles. The molecule has 1 aromatic carbocycles. The zero-order valence-electron chi connectivity index (χ0n) is 12.7. The predicted octanol–water partition coefficient (Wildman–Crippen LogP) is 0.173. The first-order valence-corrected chi connectivity index (χ1v) is 7.12. The Morgan fingerprint density at radius 2 is 1.82 bits per heavy atom. The van der Waals surface area contributed by atoms with Crippen molar-refractivity contribution in [3.05, 3.63) is 24.3 Å². The summed E-state index contributed by atoms with van der Waals surface area (Å²) in [7, 11) is 1.57. The van der Waals surface area contributed by atoms with Gasteiger partial charge in [-0.25, -0.2) is 0 Å². The zero-order chi connectivity index (χ0) is 16.4. The van der Waals surface area contributed by atoms with Crippen molar-refractivity contribution in [1.82, 2.24) is 5.32 Å². The highest BCUT2D eigenvalue weighted by atomic mass is 16.5. The standard InChI is InChI=1S/C15H23N3O4/c1-21-11-5-7-12(8-6-11)22-10-14(19)18-13(15(17)20)4-2-3-9-16/h5-8,13H,2-4,9-10,16H2,1H3,(H2,17,20)(H,18,19). The van der Waals surface area contributed by atoms with Gasteiger partial charge < -0.3 is 26.3 Å². The van der Waals surface area contributed by atoms with Crippen LogP contribution in [0.2, 0.25) is 0 Å². The third-order valence-corrected chi connectivity index (χ3v) is 3.05. The molecule has 1 unspecified atom stereocenters. The molecule has 0 bridgehead atoms. The monoisotopic (exact) mass is 309 g/mol. The minimum atomic E-state index is -0.696. The van der Waals surface area contributed by atoms with E-state index in [1.165, 1.54) is 0 Å². The lowest BCUT2D eigenvalue weighted by Crippen LogP contribution is -2.46. The molecule has 0 saturated carbocycles. The molecule has 1 aromatic rings. The van der Waals surface area contributed by atoms with Crippen LogP contribution < -0.4 is 26.3 Å². The summed E-state index contributed by atoms with van der Waals surface area (Å²) in [6.45, 7) is 0.354.